The molecule has 0 unspecified atom stereocenters. The molecule has 0 aliphatic carbocycles. The number of rotatable bonds is 6. The predicted octanol–water partition coefficient (Wildman–Crippen LogP) is 4.11. The van der Waals surface area contributed by atoms with Crippen LogP contribution < -0.4 is 15.0 Å². The number of hydrogen-bond donors (Lipinski definition) is 1. The van der Waals surface area contributed by atoms with Gasteiger partial charge in [0, 0.05) is 37.1 Å². The summed E-state index contributed by atoms with van der Waals surface area (Å²) in [5.74, 6) is -0.0515. The van der Waals surface area contributed by atoms with Gasteiger partial charge in [0.05, 0.1) is 43.7 Å². The van der Waals surface area contributed by atoms with Crippen molar-refractivity contribution in [2.75, 3.05) is 56.7 Å². The number of methoxy groups -OCH3 is 1. The highest BCUT2D eigenvalue weighted by Crippen LogP contribution is 2.36. The smallest absolute Gasteiger partial charge is 0.266 e. The maximum absolute atomic E-state index is 14.8. The predicted molar refractivity (Wildman–Crippen MR) is 130 cm³/mol. The summed E-state index contributed by atoms with van der Waals surface area (Å²) < 4.78 is 52.6. The van der Waals surface area contributed by atoms with Gasteiger partial charge >= 0.3 is 0 Å². The molecule has 1 aromatic carbocycles. The van der Waals surface area contributed by atoms with Gasteiger partial charge in [-0.25, -0.2) is 18.2 Å². The van der Waals surface area contributed by atoms with Crippen molar-refractivity contribution in [1.29, 1.82) is 0 Å². The highest BCUT2D eigenvalue weighted by atomic mass is 19.3. The molecule has 2 saturated heterocycles. The van der Waals surface area contributed by atoms with Crippen molar-refractivity contribution in [3.63, 3.8) is 0 Å². The standard InChI is InChI=1S/C25H29F3N6O2/c1-14(17-5-4-6-18(21(17)26)23(27)28)29-24-19-11-20(25(35-3)30-22(19)15(2)31-32-24)34-8-7-33-9-10-36-13-16(33)12-34/h4-6,11,14,16,23H,7-10,12-13H2,1-3H3,(H,29,32)/t14-,16+/m1/s1. The number of halogens is 3. The van der Waals surface area contributed by atoms with E-state index in [0.29, 0.717) is 34.9 Å². The number of piperazine rings is 1. The lowest BCUT2D eigenvalue weighted by Gasteiger charge is -2.44. The van der Waals surface area contributed by atoms with Gasteiger partial charge in [0.2, 0.25) is 5.88 Å². The van der Waals surface area contributed by atoms with Gasteiger partial charge in [-0.2, -0.15) is 5.10 Å². The number of benzene rings is 1. The van der Waals surface area contributed by atoms with E-state index in [2.05, 4.69) is 25.3 Å². The Labute approximate surface area is 207 Å². The number of fused-ring (bicyclic) bond motifs is 2. The Morgan fingerprint density at radius 1 is 1.17 bits per heavy atom. The molecule has 2 fully saturated rings. The lowest BCUT2D eigenvalue weighted by molar-refractivity contribution is -0.0117. The summed E-state index contributed by atoms with van der Waals surface area (Å²) in [6, 6.07) is 5.61. The van der Waals surface area contributed by atoms with E-state index in [0.717, 1.165) is 44.5 Å². The van der Waals surface area contributed by atoms with E-state index in [1.54, 1.807) is 21.0 Å². The van der Waals surface area contributed by atoms with E-state index in [9.17, 15) is 13.2 Å². The summed E-state index contributed by atoms with van der Waals surface area (Å²) in [6.07, 6.45) is -2.90. The van der Waals surface area contributed by atoms with Crippen LogP contribution in [0.2, 0.25) is 0 Å². The number of anilines is 2. The van der Waals surface area contributed by atoms with Gasteiger partial charge in [-0.3, -0.25) is 4.90 Å². The van der Waals surface area contributed by atoms with E-state index < -0.39 is 23.8 Å². The first-order valence-electron chi connectivity index (χ1n) is 12.0. The van der Waals surface area contributed by atoms with Crippen LogP contribution in [0.25, 0.3) is 10.9 Å². The maximum Gasteiger partial charge on any atom is 0.266 e. The second-order valence-electron chi connectivity index (χ2n) is 9.17. The van der Waals surface area contributed by atoms with E-state index in [4.69, 9.17) is 14.5 Å². The summed E-state index contributed by atoms with van der Waals surface area (Å²) in [4.78, 5) is 9.41. The van der Waals surface area contributed by atoms with Crippen molar-refractivity contribution in [2.24, 2.45) is 0 Å². The number of aromatic nitrogens is 3. The van der Waals surface area contributed by atoms with Crippen molar-refractivity contribution >= 4 is 22.4 Å². The minimum Gasteiger partial charge on any atom is -0.480 e. The van der Waals surface area contributed by atoms with Gasteiger partial charge < -0.3 is 19.7 Å². The van der Waals surface area contributed by atoms with Crippen LogP contribution >= 0.6 is 0 Å². The number of ether oxygens (including phenoxy) is 2. The Balaban J connectivity index is 1.51. The van der Waals surface area contributed by atoms with E-state index >= 15 is 0 Å². The van der Waals surface area contributed by atoms with Crippen molar-refractivity contribution in [1.82, 2.24) is 20.1 Å². The van der Waals surface area contributed by atoms with Gasteiger partial charge in [-0.15, -0.1) is 5.10 Å². The Morgan fingerprint density at radius 3 is 2.75 bits per heavy atom. The zero-order valence-electron chi connectivity index (χ0n) is 20.5. The van der Waals surface area contributed by atoms with Gasteiger partial charge in [0.25, 0.3) is 6.43 Å². The molecule has 2 atom stereocenters. The molecule has 0 spiro atoms. The second kappa shape index (κ2) is 10.1. The average molecular weight is 503 g/mol. The van der Waals surface area contributed by atoms with Crippen LogP contribution in [0.15, 0.2) is 24.3 Å². The minimum atomic E-state index is -2.90. The molecular formula is C25H29F3N6O2. The summed E-state index contributed by atoms with van der Waals surface area (Å²) in [5.41, 5.74) is 1.54. The third-order valence-corrected chi connectivity index (χ3v) is 6.95. The zero-order chi connectivity index (χ0) is 25.4. The number of pyridine rings is 1. The second-order valence-corrected chi connectivity index (χ2v) is 9.17. The van der Waals surface area contributed by atoms with E-state index in [1.807, 2.05) is 6.07 Å². The topological polar surface area (TPSA) is 75.6 Å². The number of aryl methyl sites for hydroxylation is 1. The fourth-order valence-corrected chi connectivity index (χ4v) is 4.97. The number of alkyl halides is 2. The van der Waals surface area contributed by atoms with E-state index in [1.165, 1.54) is 12.1 Å². The third kappa shape index (κ3) is 4.53. The highest BCUT2D eigenvalue weighted by Gasteiger charge is 2.31. The van der Waals surface area contributed by atoms with Crippen molar-refractivity contribution in [3.8, 4) is 5.88 Å². The quantitative estimate of drug-likeness (QED) is 0.540. The van der Waals surface area contributed by atoms with Crippen LogP contribution in [0.1, 0.15) is 36.2 Å². The van der Waals surface area contributed by atoms with Crippen LogP contribution in [-0.2, 0) is 4.74 Å². The third-order valence-electron chi connectivity index (χ3n) is 6.95. The molecule has 8 nitrogen and oxygen atoms in total. The monoisotopic (exact) mass is 502 g/mol. The summed E-state index contributed by atoms with van der Waals surface area (Å²) in [5, 5.41) is 12.4. The number of nitrogens with one attached hydrogen (secondary N) is 1. The zero-order valence-corrected chi connectivity index (χ0v) is 20.5. The molecule has 0 saturated carbocycles. The molecule has 2 aliphatic heterocycles. The van der Waals surface area contributed by atoms with Crippen LogP contribution in [0.5, 0.6) is 5.88 Å². The Hall–Kier alpha value is -3.18. The number of morpholine rings is 1. The molecule has 11 heteroatoms. The molecule has 2 aromatic heterocycles. The fraction of sp³-hybridized carbons (Fsp3) is 0.480. The lowest BCUT2D eigenvalue weighted by atomic mass is 10.0. The SMILES string of the molecule is COc1nc2c(C)nnc(N[C@H](C)c3cccc(C(F)F)c3F)c2cc1N1CCN2CCOC[C@@H]2C1. The molecule has 1 N–H and O–H groups in total. The molecule has 2 aliphatic rings. The van der Waals surface area contributed by atoms with Gasteiger partial charge in [0.15, 0.2) is 5.82 Å². The Kier molecular flexibility index (Phi) is 6.85. The van der Waals surface area contributed by atoms with E-state index in [-0.39, 0.29) is 11.6 Å². The number of hydrogen-bond acceptors (Lipinski definition) is 8. The van der Waals surface area contributed by atoms with Gasteiger partial charge in [-0.1, -0.05) is 18.2 Å². The fourth-order valence-electron chi connectivity index (χ4n) is 4.97. The molecule has 0 amide bonds. The minimum absolute atomic E-state index is 0.124. The molecular weight excluding hydrogens is 473 g/mol. The Morgan fingerprint density at radius 2 is 1.97 bits per heavy atom. The molecule has 36 heavy (non-hydrogen) atoms. The normalized spacial score (nSPS) is 19.4. The molecule has 5 rings (SSSR count). The van der Waals surface area contributed by atoms with Crippen molar-refractivity contribution in [3.05, 3.63) is 46.9 Å². The Bertz CT molecular complexity index is 1260. The maximum atomic E-state index is 14.8. The van der Waals surface area contributed by atoms with Crippen LogP contribution in [0.3, 0.4) is 0 Å². The molecule has 192 valence electrons. The summed E-state index contributed by atoms with van der Waals surface area (Å²) >= 11 is 0. The van der Waals surface area contributed by atoms with Crippen LogP contribution in [-0.4, -0.2) is 72.6 Å². The van der Waals surface area contributed by atoms with Gasteiger partial charge in [-0.05, 0) is 19.9 Å². The van der Waals surface area contributed by atoms with Gasteiger partial charge in [0.1, 0.15) is 17.0 Å². The average Bonchev–Trinajstić information content (AvgIpc) is 2.89. The van der Waals surface area contributed by atoms with Crippen LogP contribution in [0, 0.1) is 12.7 Å². The largest absolute Gasteiger partial charge is 0.480 e. The first kappa shape index (κ1) is 24.5. The first-order chi connectivity index (χ1) is 17.4. The first-order valence-corrected chi connectivity index (χ1v) is 12.0. The molecule has 4 heterocycles. The highest BCUT2D eigenvalue weighted by molar-refractivity contribution is 5.93. The molecule has 0 bridgehead atoms. The summed E-state index contributed by atoms with van der Waals surface area (Å²) in [6.45, 7) is 8.34. The number of nitrogens with zero attached hydrogens (tertiary/aromatic N) is 5. The van der Waals surface area contributed by atoms with Crippen LogP contribution in [0.4, 0.5) is 24.7 Å². The van der Waals surface area contributed by atoms with Crippen molar-refractivity contribution < 1.29 is 22.6 Å². The van der Waals surface area contributed by atoms with Crippen molar-refractivity contribution in [2.45, 2.75) is 32.4 Å². The molecule has 0 radical (unpaired) electrons. The lowest BCUT2D eigenvalue weighted by Crippen LogP contribution is -2.58. The summed E-state index contributed by atoms with van der Waals surface area (Å²) in [7, 11) is 1.58. The molecule has 3 aromatic rings.